The number of nitrogens with zero attached hydrogens (tertiary/aromatic N) is 1. The third kappa shape index (κ3) is 3.13. The molecule has 0 fully saturated rings. The molecule has 0 saturated carbocycles. The van der Waals surface area contributed by atoms with Crippen LogP contribution in [-0.4, -0.2) is 22.7 Å². The number of carbonyl (C=O) groups excluding carboxylic acids is 1. The molecule has 14 heavy (non-hydrogen) atoms. The Morgan fingerprint density at radius 1 is 1.71 bits per heavy atom. The van der Waals surface area contributed by atoms with Crippen molar-refractivity contribution in [2.45, 2.75) is 0 Å². The Kier molecular flexibility index (Phi) is 3.47. The molecule has 0 aliphatic carbocycles. The van der Waals surface area contributed by atoms with Crippen LogP contribution in [0.5, 0.6) is 0 Å². The summed E-state index contributed by atoms with van der Waals surface area (Å²) < 4.78 is 0. The monoisotopic (exact) mass is 191 g/mol. The minimum absolute atomic E-state index is 0.227. The van der Waals surface area contributed by atoms with E-state index in [1.807, 2.05) is 0 Å². The Balaban J connectivity index is 2.84. The Hall–Kier alpha value is -2.06. The van der Waals surface area contributed by atoms with Crippen LogP contribution in [0.15, 0.2) is 18.3 Å². The molecule has 2 amide bonds. The number of anilines is 1. The predicted octanol–water partition coefficient (Wildman–Crippen LogP) is -0.0840. The van der Waals surface area contributed by atoms with Gasteiger partial charge in [-0.15, -0.1) is 0 Å². The second-order valence-corrected chi connectivity index (χ2v) is 2.38. The van der Waals surface area contributed by atoms with Gasteiger partial charge in [-0.2, -0.15) is 0 Å². The van der Waals surface area contributed by atoms with Gasteiger partial charge in [-0.25, -0.2) is 9.78 Å². The van der Waals surface area contributed by atoms with E-state index in [0.717, 1.165) is 0 Å². The fourth-order valence-corrected chi connectivity index (χ4v) is 0.849. The van der Waals surface area contributed by atoms with E-state index in [0.29, 0.717) is 11.4 Å². The summed E-state index contributed by atoms with van der Waals surface area (Å²) in [6.07, 6.45) is 1.49. The van der Waals surface area contributed by atoms with Crippen LogP contribution in [0.3, 0.4) is 0 Å². The third-order valence-electron chi connectivity index (χ3n) is 1.32. The number of aliphatic hydroxyl groups excluding tert-OH is 1. The summed E-state index contributed by atoms with van der Waals surface area (Å²) in [4.78, 5) is 14.4. The number of hydrogen-bond acceptors (Lipinski definition) is 3. The number of amides is 2. The van der Waals surface area contributed by atoms with Gasteiger partial charge in [0, 0.05) is 11.9 Å². The molecule has 0 aliphatic heterocycles. The number of aliphatic hydroxyl groups is 1. The van der Waals surface area contributed by atoms with E-state index in [9.17, 15) is 4.79 Å². The first-order valence-electron chi connectivity index (χ1n) is 3.84. The van der Waals surface area contributed by atoms with Crippen molar-refractivity contribution in [3.63, 3.8) is 0 Å². The predicted molar refractivity (Wildman–Crippen MR) is 51.4 cm³/mol. The van der Waals surface area contributed by atoms with Crippen LogP contribution in [-0.2, 0) is 0 Å². The van der Waals surface area contributed by atoms with Gasteiger partial charge < -0.3 is 16.2 Å². The van der Waals surface area contributed by atoms with Gasteiger partial charge in [0.15, 0.2) is 0 Å². The molecule has 0 radical (unpaired) electrons. The Bertz CT molecular complexity index is 393. The maximum atomic E-state index is 10.5. The molecule has 0 atom stereocenters. The summed E-state index contributed by atoms with van der Waals surface area (Å²) in [6.45, 7) is -0.227. The fourth-order valence-electron chi connectivity index (χ4n) is 0.849. The van der Waals surface area contributed by atoms with Crippen LogP contribution < -0.4 is 11.1 Å². The van der Waals surface area contributed by atoms with Crippen molar-refractivity contribution in [3.8, 4) is 11.8 Å². The molecule has 0 aliphatic rings. The van der Waals surface area contributed by atoms with E-state index < -0.39 is 6.03 Å². The van der Waals surface area contributed by atoms with Gasteiger partial charge in [-0.05, 0) is 18.1 Å². The summed E-state index contributed by atoms with van der Waals surface area (Å²) in [5.41, 5.74) is 5.91. The highest BCUT2D eigenvalue weighted by Gasteiger charge is 1.96. The van der Waals surface area contributed by atoms with E-state index >= 15 is 0 Å². The van der Waals surface area contributed by atoms with Crippen LogP contribution in [0.1, 0.15) is 5.69 Å². The number of aromatic nitrogens is 1. The van der Waals surface area contributed by atoms with Gasteiger partial charge in [-0.1, -0.05) is 5.92 Å². The van der Waals surface area contributed by atoms with Crippen LogP contribution >= 0.6 is 0 Å². The Morgan fingerprint density at radius 2 is 2.50 bits per heavy atom. The maximum Gasteiger partial charge on any atom is 0.316 e. The SMILES string of the molecule is NC(=O)Nc1ccnc(C#CCO)c1. The van der Waals surface area contributed by atoms with Gasteiger partial charge in [0.1, 0.15) is 12.3 Å². The lowest BCUT2D eigenvalue weighted by Gasteiger charge is -2.00. The first-order valence-corrected chi connectivity index (χ1v) is 3.84. The highest BCUT2D eigenvalue weighted by molar-refractivity contribution is 5.87. The number of hydrogen-bond donors (Lipinski definition) is 3. The van der Waals surface area contributed by atoms with Crippen molar-refractivity contribution in [3.05, 3.63) is 24.0 Å². The lowest BCUT2D eigenvalue weighted by Crippen LogP contribution is -2.19. The second-order valence-electron chi connectivity index (χ2n) is 2.38. The van der Waals surface area contributed by atoms with E-state index in [-0.39, 0.29) is 6.61 Å². The zero-order valence-corrected chi connectivity index (χ0v) is 7.32. The molecule has 0 bridgehead atoms. The van der Waals surface area contributed by atoms with E-state index in [1.54, 1.807) is 12.1 Å². The van der Waals surface area contributed by atoms with Crippen molar-refractivity contribution < 1.29 is 9.90 Å². The second kappa shape index (κ2) is 4.84. The third-order valence-corrected chi connectivity index (χ3v) is 1.32. The highest BCUT2D eigenvalue weighted by Crippen LogP contribution is 2.06. The molecule has 1 rings (SSSR count). The van der Waals surface area contributed by atoms with Gasteiger partial charge in [-0.3, -0.25) is 0 Å². The van der Waals surface area contributed by atoms with Crippen molar-refractivity contribution >= 4 is 11.7 Å². The molecule has 5 heteroatoms. The van der Waals surface area contributed by atoms with Crippen molar-refractivity contribution in [1.29, 1.82) is 0 Å². The molecular formula is C9H9N3O2. The molecule has 1 aromatic rings. The molecular weight excluding hydrogens is 182 g/mol. The van der Waals surface area contributed by atoms with Crippen LogP contribution in [0.2, 0.25) is 0 Å². The number of pyridine rings is 1. The first-order chi connectivity index (χ1) is 6.72. The topological polar surface area (TPSA) is 88.2 Å². The van der Waals surface area contributed by atoms with Gasteiger partial charge in [0.2, 0.25) is 0 Å². The van der Waals surface area contributed by atoms with Gasteiger partial charge >= 0.3 is 6.03 Å². The van der Waals surface area contributed by atoms with Crippen LogP contribution in [0.25, 0.3) is 0 Å². The zero-order valence-electron chi connectivity index (χ0n) is 7.32. The number of primary amides is 1. The zero-order chi connectivity index (χ0) is 10.4. The van der Waals surface area contributed by atoms with E-state index in [4.69, 9.17) is 10.8 Å². The summed E-state index contributed by atoms with van der Waals surface area (Å²) >= 11 is 0. The van der Waals surface area contributed by atoms with Crippen LogP contribution in [0, 0.1) is 11.8 Å². The number of carbonyl (C=O) groups is 1. The molecule has 1 aromatic heterocycles. The average Bonchev–Trinajstić information content (AvgIpc) is 2.14. The molecule has 5 nitrogen and oxygen atoms in total. The Morgan fingerprint density at radius 3 is 3.14 bits per heavy atom. The van der Waals surface area contributed by atoms with E-state index in [1.165, 1.54) is 6.20 Å². The molecule has 0 unspecified atom stereocenters. The minimum Gasteiger partial charge on any atom is -0.384 e. The number of rotatable bonds is 1. The van der Waals surface area contributed by atoms with Crippen LogP contribution in [0.4, 0.5) is 10.5 Å². The molecule has 1 heterocycles. The minimum atomic E-state index is -0.641. The number of urea groups is 1. The summed E-state index contributed by atoms with van der Waals surface area (Å²) in [5.74, 6) is 5.05. The molecule has 0 saturated heterocycles. The maximum absolute atomic E-state index is 10.5. The highest BCUT2D eigenvalue weighted by atomic mass is 16.2. The standard InChI is InChI=1S/C9H9N3O2/c10-9(14)12-8-3-4-11-7(6-8)2-1-5-13/h3-4,6,13H,5H2,(H3,10,11,12,14). The number of nitrogens with two attached hydrogens (primary N) is 1. The first kappa shape index (κ1) is 10.0. The smallest absolute Gasteiger partial charge is 0.316 e. The quantitative estimate of drug-likeness (QED) is 0.542. The molecule has 72 valence electrons. The summed E-state index contributed by atoms with van der Waals surface area (Å²) in [7, 11) is 0. The average molecular weight is 191 g/mol. The number of nitrogens with one attached hydrogen (secondary N) is 1. The van der Waals surface area contributed by atoms with Crippen molar-refractivity contribution in [1.82, 2.24) is 4.98 Å². The van der Waals surface area contributed by atoms with Crippen molar-refractivity contribution in [2.75, 3.05) is 11.9 Å². The molecule has 0 aromatic carbocycles. The lowest BCUT2D eigenvalue weighted by molar-refractivity contribution is 0.259. The van der Waals surface area contributed by atoms with Gasteiger partial charge in [0.25, 0.3) is 0 Å². The summed E-state index contributed by atoms with van der Waals surface area (Å²) in [6, 6.07) is 2.51. The molecule has 4 N–H and O–H groups in total. The summed E-state index contributed by atoms with van der Waals surface area (Å²) in [5, 5.41) is 10.8. The largest absolute Gasteiger partial charge is 0.384 e. The Labute approximate surface area is 81.0 Å². The molecule has 0 spiro atoms. The fraction of sp³-hybridized carbons (Fsp3) is 0.111. The van der Waals surface area contributed by atoms with Gasteiger partial charge in [0.05, 0.1) is 0 Å². The van der Waals surface area contributed by atoms with E-state index in [2.05, 4.69) is 22.1 Å². The van der Waals surface area contributed by atoms with Crippen molar-refractivity contribution in [2.24, 2.45) is 5.73 Å². The normalized spacial score (nSPS) is 8.64. The lowest BCUT2D eigenvalue weighted by atomic mass is 10.3.